The molecule has 0 atom stereocenters. The number of halogens is 1. The molecule has 0 saturated carbocycles. The van der Waals surface area contributed by atoms with E-state index in [2.05, 4.69) is 36.5 Å². The second-order valence-electron chi connectivity index (χ2n) is 2.93. The third-order valence-corrected chi connectivity index (χ3v) is 2.56. The van der Waals surface area contributed by atoms with E-state index in [1.165, 1.54) is 6.20 Å². The van der Waals surface area contributed by atoms with Crippen LogP contribution in [0.1, 0.15) is 0 Å². The van der Waals surface area contributed by atoms with Crippen LogP contribution in [-0.2, 0) is 7.05 Å². The van der Waals surface area contributed by atoms with Crippen molar-refractivity contribution < 1.29 is 0 Å². The van der Waals surface area contributed by atoms with Crippen molar-refractivity contribution in [2.45, 2.75) is 0 Å². The van der Waals surface area contributed by atoms with Crippen molar-refractivity contribution in [1.29, 1.82) is 0 Å². The Morgan fingerprint density at radius 3 is 3.07 bits per heavy atom. The summed E-state index contributed by atoms with van der Waals surface area (Å²) < 4.78 is 2.07. The summed E-state index contributed by atoms with van der Waals surface area (Å²) in [6, 6.07) is 1.80. The molecule has 0 radical (unpaired) electrons. The third kappa shape index (κ3) is 2.07. The van der Waals surface area contributed by atoms with Crippen LogP contribution in [0, 0.1) is 0 Å². The number of nitrogens with one attached hydrogen (secondary N) is 2. The summed E-state index contributed by atoms with van der Waals surface area (Å²) in [4.78, 5) is 11.2. The molecule has 7 heteroatoms. The molecule has 0 saturated heterocycles. The molecule has 2 aromatic heterocycles. The quantitative estimate of drug-likeness (QED) is 0.853. The minimum absolute atomic E-state index is 0.282. The maximum absolute atomic E-state index is 11.2. The lowest BCUT2D eigenvalue weighted by molar-refractivity contribution is 0.771. The van der Waals surface area contributed by atoms with Crippen LogP contribution in [-0.4, -0.2) is 20.0 Å². The van der Waals surface area contributed by atoms with Crippen molar-refractivity contribution in [1.82, 2.24) is 20.0 Å². The van der Waals surface area contributed by atoms with Gasteiger partial charge in [-0.1, -0.05) is 0 Å². The number of anilines is 2. The fraction of sp³-hybridized carbons (Fsp3) is 0.125. The van der Waals surface area contributed by atoms with Gasteiger partial charge in [-0.2, -0.15) is 10.2 Å². The largest absolute Gasteiger partial charge is 0.336 e. The number of aromatic nitrogens is 4. The molecule has 0 aliphatic rings. The van der Waals surface area contributed by atoms with E-state index in [-0.39, 0.29) is 5.56 Å². The van der Waals surface area contributed by atoms with Gasteiger partial charge in [0.05, 0.1) is 11.9 Å². The van der Waals surface area contributed by atoms with Crippen LogP contribution in [0.3, 0.4) is 0 Å². The molecular weight excluding hydrogens is 262 g/mol. The molecule has 2 heterocycles. The van der Waals surface area contributed by atoms with Crippen molar-refractivity contribution in [3.63, 3.8) is 0 Å². The summed E-state index contributed by atoms with van der Waals surface area (Å²) in [5.74, 6) is 0.658. The minimum Gasteiger partial charge on any atom is -0.336 e. The minimum atomic E-state index is -0.282. The van der Waals surface area contributed by atoms with Crippen LogP contribution in [0.4, 0.5) is 11.5 Å². The first kappa shape index (κ1) is 9.91. The van der Waals surface area contributed by atoms with Crippen molar-refractivity contribution in [3.05, 3.63) is 33.3 Å². The van der Waals surface area contributed by atoms with E-state index in [4.69, 9.17) is 0 Å². The van der Waals surface area contributed by atoms with Gasteiger partial charge in [-0.05, 0) is 15.9 Å². The van der Waals surface area contributed by atoms with Gasteiger partial charge in [0.1, 0.15) is 4.47 Å². The molecule has 6 nitrogen and oxygen atoms in total. The molecule has 0 spiro atoms. The van der Waals surface area contributed by atoms with Crippen molar-refractivity contribution in [2.75, 3.05) is 5.32 Å². The number of hydrogen-bond donors (Lipinski definition) is 2. The zero-order valence-electron chi connectivity index (χ0n) is 7.86. The molecule has 0 aliphatic carbocycles. The van der Waals surface area contributed by atoms with Gasteiger partial charge >= 0.3 is 0 Å². The molecule has 2 N–H and O–H groups in total. The van der Waals surface area contributed by atoms with E-state index >= 15 is 0 Å². The SMILES string of the molecule is Cn1ccc(Nc2cn[nH]c(=O)c2Br)n1. The second kappa shape index (κ2) is 3.85. The molecule has 78 valence electrons. The molecule has 2 aromatic rings. The molecule has 0 fully saturated rings. The highest BCUT2D eigenvalue weighted by Crippen LogP contribution is 2.19. The van der Waals surface area contributed by atoms with Crippen LogP contribution in [0.5, 0.6) is 0 Å². The van der Waals surface area contributed by atoms with Gasteiger partial charge < -0.3 is 5.32 Å². The maximum atomic E-state index is 11.2. The Morgan fingerprint density at radius 1 is 1.60 bits per heavy atom. The summed E-state index contributed by atoms with van der Waals surface area (Å²) in [6.45, 7) is 0. The maximum Gasteiger partial charge on any atom is 0.280 e. The van der Waals surface area contributed by atoms with Gasteiger partial charge in [0.25, 0.3) is 5.56 Å². The lowest BCUT2D eigenvalue weighted by Gasteiger charge is -2.02. The van der Waals surface area contributed by atoms with E-state index < -0.39 is 0 Å². The standard InChI is InChI=1S/C8H8BrN5O/c1-14-3-2-6(13-14)11-5-4-10-12-8(15)7(5)9/h2-4H,1H3,(H2,11,12,13,15). The van der Waals surface area contributed by atoms with Gasteiger partial charge in [-0.3, -0.25) is 9.48 Å². The third-order valence-electron chi connectivity index (χ3n) is 1.77. The van der Waals surface area contributed by atoms with Gasteiger partial charge in [0.15, 0.2) is 5.82 Å². The predicted molar refractivity (Wildman–Crippen MR) is 59.0 cm³/mol. The number of aromatic amines is 1. The first-order chi connectivity index (χ1) is 7.16. The molecular formula is C8H8BrN5O. The van der Waals surface area contributed by atoms with E-state index in [0.717, 1.165) is 0 Å². The van der Waals surface area contributed by atoms with Crippen molar-refractivity contribution in [3.8, 4) is 0 Å². The molecule has 0 bridgehead atoms. The van der Waals surface area contributed by atoms with Gasteiger partial charge in [0.2, 0.25) is 0 Å². The average molecular weight is 270 g/mol. The van der Waals surface area contributed by atoms with Crippen LogP contribution >= 0.6 is 15.9 Å². The second-order valence-corrected chi connectivity index (χ2v) is 3.72. The normalized spacial score (nSPS) is 10.3. The van der Waals surface area contributed by atoms with Crippen LogP contribution < -0.4 is 10.9 Å². The lowest BCUT2D eigenvalue weighted by Crippen LogP contribution is -2.10. The lowest BCUT2D eigenvalue weighted by atomic mass is 10.4. The van der Waals surface area contributed by atoms with Gasteiger partial charge in [0, 0.05) is 19.3 Å². The predicted octanol–water partition coefficient (Wildman–Crippen LogP) is 1.01. The molecule has 0 aliphatic heterocycles. The van der Waals surface area contributed by atoms with E-state index in [1.807, 2.05) is 7.05 Å². The zero-order valence-corrected chi connectivity index (χ0v) is 9.45. The topological polar surface area (TPSA) is 75.6 Å². The Bertz CT molecular complexity index is 532. The highest BCUT2D eigenvalue weighted by molar-refractivity contribution is 9.10. The average Bonchev–Trinajstić information content (AvgIpc) is 2.59. The Balaban J connectivity index is 2.32. The summed E-state index contributed by atoms with van der Waals surface area (Å²) in [5.41, 5.74) is 0.299. The molecule has 15 heavy (non-hydrogen) atoms. The van der Waals surface area contributed by atoms with E-state index in [0.29, 0.717) is 16.0 Å². The summed E-state index contributed by atoms with van der Waals surface area (Å²) in [6.07, 6.45) is 3.32. The molecule has 0 amide bonds. The molecule has 2 rings (SSSR count). The van der Waals surface area contributed by atoms with Gasteiger partial charge in [-0.15, -0.1) is 0 Å². The zero-order chi connectivity index (χ0) is 10.8. The van der Waals surface area contributed by atoms with Crippen LogP contribution in [0.2, 0.25) is 0 Å². The first-order valence-corrected chi connectivity index (χ1v) is 4.96. The first-order valence-electron chi connectivity index (χ1n) is 4.16. The van der Waals surface area contributed by atoms with Crippen LogP contribution in [0.15, 0.2) is 27.7 Å². The number of H-pyrrole nitrogens is 1. The van der Waals surface area contributed by atoms with Crippen LogP contribution in [0.25, 0.3) is 0 Å². The Morgan fingerprint density at radius 2 is 2.40 bits per heavy atom. The Labute approximate surface area is 93.4 Å². The van der Waals surface area contributed by atoms with Gasteiger partial charge in [-0.25, -0.2) is 5.10 Å². The molecule has 0 unspecified atom stereocenters. The number of hydrogen-bond acceptors (Lipinski definition) is 4. The highest BCUT2D eigenvalue weighted by Gasteiger charge is 2.05. The van der Waals surface area contributed by atoms with E-state index in [9.17, 15) is 4.79 Å². The molecule has 0 aromatic carbocycles. The number of rotatable bonds is 2. The van der Waals surface area contributed by atoms with E-state index in [1.54, 1.807) is 16.9 Å². The smallest absolute Gasteiger partial charge is 0.280 e. The fourth-order valence-electron chi connectivity index (χ4n) is 1.09. The number of aryl methyl sites for hydroxylation is 1. The monoisotopic (exact) mass is 269 g/mol. The highest BCUT2D eigenvalue weighted by atomic mass is 79.9. The Kier molecular flexibility index (Phi) is 2.55. The van der Waals surface area contributed by atoms with Crippen molar-refractivity contribution in [2.24, 2.45) is 7.05 Å². The Hall–Kier alpha value is -1.63. The fourth-order valence-corrected chi connectivity index (χ4v) is 1.38. The van der Waals surface area contributed by atoms with Crippen molar-refractivity contribution >= 4 is 27.4 Å². The number of nitrogens with zero attached hydrogens (tertiary/aromatic N) is 3. The summed E-state index contributed by atoms with van der Waals surface area (Å²) in [5, 5.41) is 13.1. The summed E-state index contributed by atoms with van der Waals surface area (Å²) in [7, 11) is 1.82. The summed E-state index contributed by atoms with van der Waals surface area (Å²) >= 11 is 3.16.